The van der Waals surface area contributed by atoms with Gasteiger partial charge in [-0.25, -0.2) is 0 Å². The number of hydrogen-bond acceptors (Lipinski definition) is 10. The Morgan fingerprint density at radius 1 is 1.10 bits per heavy atom. The molecular formula is C29H38N4O8. The molecule has 7 N–H and O–H groups in total. The summed E-state index contributed by atoms with van der Waals surface area (Å²) in [6.45, 7) is 5.71. The van der Waals surface area contributed by atoms with Gasteiger partial charge in [0, 0.05) is 11.5 Å². The molecule has 3 aliphatic carbocycles. The molecule has 4 unspecified atom stereocenters. The Labute approximate surface area is 238 Å². The number of aliphatic hydroxyl groups excluding tert-OH is 2. The van der Waals surface area contributed by atoms with Crippen LogP contribution in [0.5, 0.6) is 5.75 Å². The van der Waals surface area contributed by atoms with Gasteiger partial charge in [-0.1, -0.05) is 26.8 Å². The van der Waals surface area contributed by atoms with Crippen molar-refractivity contribution in [3.63, 3.8) is 0 Å². The first-order chi connectivity index (χ1) is 18.8. The number of primary amides is 1. The molecule has 0 bridgehead atoms. The van der Waals surface area contributed by atoms with Crippen LogP contribution in [0.1, 0.15) is 38.3 Å². The van der Waals surface area contributed by atoms with Gasteiger partial charge in [-0.3, -0.25) is 29.0 Å². The van der Waals surface area contributed by atoms with Gasteiger partial charge in [-0.15, -0.1) is 0 Å². The largest absolute Gasteiger partial charge is 0.508 e. The van der Waals surface area contributed by atoms with E-state index in [4.69, 9.17) is 5.73 Å². The van der Waals surface area contributed by atoms with Crippen LogP contribution in [0.4, 0.5) is 5.69 Å². The molecule has 0 aliphatic heterocycles. The molecule has 1 saturated carbocycles. The van der Waals surface area contributed by atoms with E-state index < -0.39 is 75.3 Å². The van der Waals surface area contributed by atoms with Gasteiger partial charge in [0.2, 0.25) is 11.7 Å². The average Bonchev–Trinajstić information content (AvgIpc) is 2.81. The van der Waals surface area contributed by atoms with Crippen molar-refractivity contribution in [2.45, 2.75) is 51.3 Å². The SMILES string of the molecule is CN(C)C(C(=O)Nc1ccc2c(c1O)C(O)=C1C(=O)C3(O)C(O)=C(C(N)=O)C(=O)[C@@H](N(C)C)C3CC1C2)C(C)(C)C. The Balaban J connectivity index is 1.83. The Hall–Kier alpha value is -3.74. The van der Waals surface area contributed by atoms with Crippen LogP contribution in [0, 0.1) is 17.3 Å². The molecule has 5 atom stereocenters. The van der Waals surface area contributed by atoms with E-state index in [9.17, 15) is 39.6 Å². The standard InChI is InChI=1S/C29H38N4O8/c1-28(2,3)23(33(6)7)27(40)31-15-9-8-12-10-13-11-14-19(32(4)5)22(36)18(26(30)39)25(38)29(14,41)24(37)17(13)21(35)16(12)20(15)34/h8-9,13-14,19,23,34-35,38,41H,10-11H2,1-7H3,(H2,30,39)(H,31,40)/t13?,14?,19-,23?,29?/m0/s1. The van der Waals surface area contributed by atoms with Crippen molar-refractivity contribution in [1.29, 1.82) is 0 Å². The van der Waals surface area contributed by atoms with E-state index in [1.54, 1.807) is 39.2 Å². The lowest BCUT2D eigenvalue weighted by Gasteiger charge is -2.50. The summed E-state index contributed by atoms with van der Waals surface area (Å²) in [6.07, 6.45) is 0.166. The third-order valence-corrected chi connectivity index (χ3v) is 8.44. The number of aromatic hydroxyl groups is 1. The topological polar surface area (TPSA) is 194 Å². The number of hydrogen-bond donors (Lipinski definition) is 6. The second kappa shape index (κ2) is 9.97. The van der Waals surface area contributed by atoms with E-state index in [-0.39, 0.29) is 35.6 Å². The lowest BCUT2D eigenvalue weighted by atomic mass is 9.57. The molecule has 1 aromatic rings. The maximum atomic E-state index is 13.9. The molecule has 41 heavy (non-hydrogen) atoms. The maximum Gasteiger partial charge on any atom is 0.255 e. The first kappa shape index (κ1) is 30.2. The van der Waals surface area contributed by atoms with Crippen molar-refractivity contribution in [2.75, 3.05) is 33.5 Å². The van der Waals surface area contributed by atoms with Crippen molar-refractivity contribution >= 4 is 34.8 Å². The third kappa shape index (κ3) is 4.50. The number of aliphatic hydroxyl groups is 3. The molecule has 12 nitrogen and oxygen atoms in total. The minimum atomic E-state index is -2.71. The van der Waals surface area contributed by atoms with Gasteiger partial charge in [-0.2, -0.15) is 0 Å². The fourth-order valence-electron chi connectivity index (χ4n) is 6.92. The summed E-state index contributed by atoms with van der Waals surface area (Å²) < 4.78 is 0. The number of carbonyl (C=O) groups is 4. The number of amides is 2. The van der Waals surface area contributed by atoms with Crippen LogP contribution in [-0.4, -0.2) is 99.5 Å². The van der Waals surface area contributed by atoms with E-state index in [2.05, 4.69) is 5.32 Å². The van der Waals surface area contributed by atoms with Crippen LogP contribution in [0.25, 0.3) is 5.76 Å². The summed E-state index contributed by atoms with van der Waals surface area (Å²) in [7, 11) is 6.61. The molecule has 0 saturated heterocycles. The van der Waals surface area contributed by atoms with Gasteiger partial charge in [0.25, 0.3) is 5.91 Å². The molecular weight excluding hydrogens is 532 g/mol. The van der Waals surface area contributed by atoms with Crippen molar-refractivity contribution < 1.29 is 39.6 Å². The molecule has 0 aromatic heterocycles. The van der Waals surface area contributed by atoms with Crippen LogP contribution >= 0.6 is 0 Å². The maximum absolute atomic E-state index is 13.9. The molecule has 3 aliphatic rings. The van der Waals surface area contributed by atoms with E-state index in [1.165, 1.54) is 11.0 Å². The lowest BCUT2D eigenvalue weighted by Crippen LogP contribution is -2.65. The van der Waals surface area contributed by atoms with E-state index in [0.717, 1.165) is 0 Å². The Kier molecular flexibility index (Phi) is 7.35. The number of phenolic OH excluding ortho intramolecular Hbond substituents is 1. The molecule has 0 radical (unpaired) electrons. The number of nitrogens with one attached hydrogen (secondary N) is 1. The fraction of sp³-hybridized carbons (Fsp3) is 0.517. The second-order valence-electron chi connectivity index (χ2n) is 12.7. The summed E-state index contributed by atoms with van der Waals surface area (Å²) in [4.78, 5) is 55.6. The van der Waals surface area contributed by atoms with Gasteiger partial charge in [0.05, 0.1) is 23.3 Å². The van der Waals surface area contributed by atoms with Crippen molar-refractivity contribution in [3.05, 3.63) is 40.2 Å². The zero-order valence-electron chi connectivity index (χ0n) is 24.3. The number of likely N-dealkylation sites (N-methyl/N-ethyl adjacent to an activating group) is 2. The summed E-state index contributed by atoms with van der Waals surface area (Å²) in [5.74, 6) is -7.61. The Morgan fingerprint density at radius 3 is 2.22 bits per heavy atom. The van der Waals surface area contributed by atoms with Gasteiger partial charge in [-0.05, 0) is 64.0 Å². The predicted octanol–water partition coefficient (Wildman–Crippen LogP) is 0.879. The number of ketones is 2. The van der Waals surface area contributed by atoms with Gasteiger partial charge < -0.3 is 31.5 Å². The predicted molar refractivity (Wildman–Crippen MR) is 150 cm³/mol. The van der Waals surface area contributed by atoms with Crippen LogP contribution in [0.3, 0.4) is 0 Å². The van der Waals surface area contributed by atoms with Gasteiger partial charge in [0.15, 0.2) is 11.4 Å². The summed E-state index contributed by atoms with van der Waals surface area (Å²) >= 11 is 0. The molecule has 2 amide bonds. The molecule has 222 valence electrons. The van der Waals surface area contributed by atoms with Gasteiger partial charge in [0.1, 0.15) is 22.8 Å². The Morgan fingerprint density at radius 2 is 1.71 bits per heavy atom. The number of carbonyl (C=O) groups excluding carboxylic acids is 4. The quantitative estimate of drug-likeness (QED) is 0.219. The first-order valence-corrected chi connectivity index (χ1v) is 13.3. The number of nitrogens with two attached hydrogens (primary N) is 1. The van der Waals surface area contributed by atoms with Crippen LogP contribution < -0.4 is 11.1 Å². The zero-order chi connectivity index (χ0) is 30.9. The highest BCUT2D eigenvalue weighted by Gasteiger charge is 2.64. The molecule has 1 aromatic carbocycles. The smallest absolute Gasteiger partial charge is 0.255 e. The van der Waals surface area contributed by atoms with E-state index in [0.29, 0.717) is 5.56 Å². The minimum Gasteiger partial charge on any atom is -0.508 e. The average molecular weight is 571 g/mol. The van der Waals surface area contributed by atoms with Crippen molar-refractivity contribution in [3.8, 4) is 5.75 Å². The molecule has 0 spiro atoms. The number of anilines is 1. The molecule has 1 fully saturated rings. The summed E-state index contributed by atoms with van der Waals surface area (Å²) in [5, 5.41) is 47.9. The number of Topliss-reactive ketones (excluding diaryl/α,β-unsaturated/α-hetero) is 2. The normalized spacial score (nSPS) is 27.0. The zero-order valence-corrected chi connectivity index (χ0v) is 24.3. The molecule has 0 heterocycles. The second-order valence-corrected chi connectivity index (χ2v) is 12.7. The highest BCUT2D eigenvalue weighted by Crippen LogP contribution is 2.53. The number of fused-ring (bicyclic) bond motifs is 3. The van der Waals surface area contributed by atoms with E-state index >= 15 is 0 Å². The van der Waals surface area contributed by atoms with Gasteiger partial charge >= 0.3 is 0 Å². The highest BCUT2D eigenvalue weighted by atomic mass is 16.3. The van der Waals surface area contributed by atoms with Crippen molar-refractivity contribution in [1.82, 2.24) is 9.80 Å². The number of phenols is 1. The molecule has 12 heteroatoms. The highest BCUT2D eigenvalue weighted by molar-refractivity contribution is 6.24. The summed E-state index contributed by atoms with van der Waals surface area (Å²) in [5.41, 5.74) is 1.50. The fourth-order valence-corrected chi connectivity index (χ4v) is 6.92. The first-order valence-electron chi connectivity index (χ1n) is 13.3. The van der Waals surface area contributed by atoms with Crippen LogP contribution in [0.15, 0.2) is 29.0 Å². The number of rotatable bonds is 5. The van der Waals surface area contributed by atoms with Crippen molar-refractivity contribution in [2.24, 2.45) is 23.0 Å². The summed E-state index contributed by atoms with van der Waals surface area (Å²) in [6, 6.07) is 1.43. The van der Waals surface area contributed by atoms with Crippen LogP contribution in [-0.2, 0) is 25.6 Å². The van der Waals surface area contributed by atoms with Crippen LogP contribution in [0.2, 0.25) is 0 Å². The minimum absolute atomic E-state index is 0.00110. The number of benzene rings is 1. The van der Waals surface area contributed by atoms with E-state index in [1.807, 2.05) is 20.8 Å². The third-order valence-electron chi connectivity index (χ3n) is 8.44. The molecule has 4 rings (SSSR count). The lowest BCUT2D eigenvalue weighted by molar-refractivity contribution is -0.153. The monoisotopic (exact) mass is 570 g/mol. The number of nitrogens with zero attached hydrogens (tertiary/aromatic N) is 2. The Bertz CT molecular complexity index is 1420.